The lowest BCUT2D eigenvalue weighted by atomic mass is 10.0. The number of hydrogen-bond acceptors (Lipinski definition) is 3. The minimum atomic E-state index is -1.01. The van der Waals surface area contributed by atoms with Gasteiger partial charge in [0.15, 0.2) is 5.60 Å². The van der Waals surface area contributed by atoms with E-state index in [1.54, 1.807) is 24.8 Å². The number of carboxylic acids is 1. The average molecular weight is 319 g/mol. The molecule has 0 saturated carbocycles. The first kappa shape index (κ1) is 17.3. The topological polar surface area (TPSA) is 66.8 Å². The molecule has 126 valence electrons. The van der Waals surface area contributed by atoms with Gasteiger partial charge in [-0.05, 0) is 38.5 Å². The molecule has 23 heavy (non-hydrogen) atoms. The van der Waals surface area contributed by atoms with Crippen LogP contribution in [0.15, 0.2) is 18.2 Å². The number of aromatic carboxylic acids is 1. The van der Waals surface area contributed by atoms with E-state index in [1.807, 2.05) is 0 Å². The third kappa shape index (κ3) is 3.84. The molecule has 5 heteroatoms. The number of benzene rings is 1. The highest BCUT2D eigenvalue weighted by atomic mass is 16.5. The Morgan fingerprint density at radius 2 is 1.91 bits per heavy atom. The van der Waals surface area contributed by atoms with Crippen molar-refractivity contribution in [1.29, 1.82) is 0 Å². The summed E-state index contributed by atoms with van der Waals surface area (Å²) in [6.45, 7) is 6.24. The van der Waals surface area contributed by atoms with Crippen LogP contribution in [0.2, 0.25) is 0 Å². The second-order valence-corrected chi connectivity index (χ2v) is 6.47. The van der Waals surface area contributed by atoms with Crippen molar-refractivity contribution in [3.63, 3.8) is 0 Å². The van der Waals surface area contributed by atoms with Crippen molar-refractivity contribution in [2.45, 2.75) is 58.5 Å². The first-order chi connectivity index (χ1) is 10.9. The fourth-order valence-electron chi connectivity index (χ4n) is 2.80. The number of carbonyl (C=O) groups excluding carboxylic acids is 1. The fourth-order valence-corrected chi connectivity index (χ4v) is 2.80. The van der Waals surface area contributed by atoms with E-state index in [0.717, 1.165) is 19.3 Å². The molecule has 1 aromatic carbocycles. The van der Waals surface area contributed by atoms with Crippen LogP contribution in [-0.2, 0) is 4.79 Å². The number of carbonyl (C=O) groups is 2. The van der Waals surface area contributed by atoms with E-state index in [1.165, 1.54) is 25.0 Å². The predicted octanol–water partition coefficient (Wildman–Crippen LogP) is 3.86. The van der Waals surface area contributed by atoms with Gasteiger partial charge in [-0.1, -0.05) is 32.6 Å². The molecule has 0 radical (unpaired) electrons. The molecule has 1 aromatic rings. The van der Waals surface area contributed by atoms with Crippen LogP contribution in [0.3, 0.4) is 0 Å². The summed E-state index contributed by atoms with van der Waals surface area (Å²) in [5.41, 5.74) is -0.207. The highest BCUT2D eigenvalue weighted by Gasteiger charge is 2.40. The highest BCUT2D eigenvalue weighted by molar-refractivity contribution is 6.03. The van der Waals surface area contributed by atoms with Gasteiger partial charge in [-0.3, -0.25) is 4.79 Å². The van der Waals surface area contributed by atoms with E-state index in [2.05, 4.69) is 6.92 Å². The number of nitrogens with zero attached hydrogens (tertiary/aromatic N) is 1. The van der Waals surface area contributed by atoms with E-state index in [4.69, 9.17) is 4.74 Å². The Hall–Kier alpha value is -2.04. The second kappa shape index (κ2) is 7.02. The average Bonchev–Trinajstić information content (AvgIpc) is 2.49. The Bertz CT molecular complexity index is 595. The van der Waals surface area contributed by atoms with E-state index >= 15 is 0 Å². The van der Waals surface area contributed by atoms with Gasteiger partial charge in [0.05, 0.1) is 11.3 Å². The number of hydrogen-bond donors (Lipinski definition) is 1. The van der Waals surface area contributed by atoms with E-state index in [-0.39, 0.29) is 11.5 Å². The zero-order valence-corrected chi connectivity index (χ0v) is 14.1. The number of amides is 1. The van der Waals surface area contributed by atoms with Crippen LogP contribution in [0.4, 0.5) is 5.69 Å². The zero-order chi connectivity index (χ0) is 17.0. The lowest BCUT2D eigenvalue weighted by molar-refractivity contribution is -0.132. The molecule has 0 fully saturated rings. The zero-order valence-electron chi connectivity index (χ0n) is 14.1. The molecule has 0 saturated heterocycles. The van der Waals surface area contributed by atoms with Crippen LogP contribution < -0.4 is 9.64 Å². The summed E-state index contributed by atoms with van der Waals surface area (Å²) in [6.07, 6.45) is 5.49. The number of fused-ring (bicyclic) bond motifs is 1. The van der Waals surface area contributed by atoms with E-state index in [9.17, 15) is 14.7 Å². The molecule has 1 aliphatic heterocycles. The largest absolute Gasteiger partial charge is 0.478 e. The number of carboxylic acid groups (broad SMARTS) is 1. The maximum Gasteiger partial charge on any atom is 0.335 e. The maximum absolute atomic E-state index is 12.7. The van der Waals surface area contributed by atoms with Gasteiger partial charge in [0.1, 0.15) is 5.75 Å². The molecule has 0 unspecified atom stereocenters. The molecule has 1 heterocycles. The number of unbranched alkanes of at least 4 members (excludes halogenated alkanes) is 4. The molecule has 5 nitrogen and oxygen atoms in total. The summed E-state index contributed by atoms with van der Waals surface area (Å²) in [4.78, 5) is 25.5. The molecule has 0 bridgehead atoms. The van der Waals surface area contributed by atoms with Gasteiger partial charge >= 0.3 is 5.97 Å². The molecule has 2 rings (SSSR count). The maximum atomic E-state index is 12.7. The summed E-state index contributed by atoms with van der Waals surface area (Å²) in [5, 5.41) is 9.17. The highest BCUT2D eigenvalue weighted by Crippen LogP contribution is 2.38. The Labute approximate surface area is 137 Å². The lowest BCUT2D eigenvalue weighted by Crippen LogP contribution is -2.52. The smallest absolute Gasteiger partial charge is 0.335 e. The van der Waals surface area contributed by atoms with Gasteiger partial charge in [0.25, 0.3) is 5.91 Å². The van der Waals surface area contributed by atoms with Gasteiger partial charge in [-0.2, -0.15) is 0 Å². The van der Waals surface area contributed by atoms with Crippen LogP contribution in [-0.4, -0.2) is 29.1 Å². The Kier molecular flexibility index (Phi) is 5.29. The Morgan fingerprint density at radius 1 is 1.22 bits per heavy atom. The van der Waals surface area contributed by atoms with Gasteiger partial charge in [-0.25, -0.2) is 4.79 Å². The van der Waals surface area contributed by atoms with Crippen molar-refractivity contribution in [3.8, 4) is 5.75 Å². The summed E-state index contributed by atoms with van der Waals surface area (Å²) in [6, 6.07) is 4.67. The van der Waals surface area contributed by atoms with Crippen molar-refractivity contribution >= 4 is 17.6 Å². The van der Waals surface area contributed by atoms with Crippen LogP contribution in [0.1, 0.15) is 63.2 Å². The third-order valence-electron chi connectivity index (χ3n) is 4.11. The van der Waals surface area contributed by atoms with Crippen LogP contribution >= 0.6 is 0 Å². The van der Waals surface area contributed by atoms with E-state index < -0.39 is 11.6 Å². The van der Waals surface area contributed by atoms with Crippen LogP contribution in [0.25, 0.3) is 0 Å². The molecule has 0 spiro atoms. The number of rotatable bonds is 7. The quantitative estimate of drug-likeness (QED) is 0.775. The van der Waals surface area contributed by atoms with Gasteiger partial charge in [0.2, 0.25) is 0 Å². The van der Waals surface area contributed by atoms with Crippen LogP contribution in [0, 0.1) is 0 Å². The molecular formula is C18H25NO4. The minimum absolute atomic E-state index is 0.122. The summed E-state index contributed by atoms with van der Waals surface area (Å²) < 4.78 is 5.76. The third-order valence-corrected chi connectivity index (χ3v) is 4.11. The molecule has 0 aromatic heterocycles. The molecule has 1 aliphatic rings. The van der Waals surface area contributed by atoms with Gasteiger partial charge in [-0.15, -0.1) is 0 Å². The Balaban J connectivity index is 2.23. The molecule has 1 N–H and O–H groups in total. The Morgan fingerprint density at radius 3 is 2.57 bits per heavy atom. The molecular weight excluding hydrogens is 294 g/mol. The van der Waals surface area contributed by atoms with Crippen LogP contribution in [0.5, 0.6) is 5.75 Å². The summed E-state index contributed by atoms with van der Waals surface area (Å²) >= 11 is 0. The summed E-state index contributed by atoms with van der Waals surface area (Å²) in [5.74, 6) is -0.566. The molecule has 0 atom stereocenters. The predicted molar refractivity (Wildman–Crippen MR) is 89.2 cm³/mol. The lowest BCUT2D eigenvalue weighted by Gasteiger charge is -2.39. The number of anilines is 1. The van der Waals surface area contributed by atoms with Crippen molar-refractivity contribution in [1.82, 2.24) is 0 Å². The SMILES string of the molecule is CCCCCCCN1C(=O)C(C)(C)Oc2ccc(C(=O)O)cc21. The molecule has 0 aliphatic carbocycles. The van der Waals surface area contributed by atoms with Crippen molar-refractivity contribution in [2.75, 3.05) is 11.4 Å². The summed E-state index contributed by atoms with van der Waals surface area (Å²) in [7, 11) is 0. The number of ether oxygens (including phenoxy) is 1. The monoisotopic (exact) mass is 319 g/mol. The van der Waals surface area contributed by atoms with Crippen molar-refractivity contribution in [3.05, 3.63) is 23.8 Å². The molecule has 1 amide bonds. The standard InChI is InChI=1S/C18H25NO4/c1-4-5-6-7-8-11-19-14-12-13(16(20)21)9-10-15(14)23-18(2,3)17(19)22/h9-10,12H,4-8,11H2,1-3H3,(H,20,21). The fraction of sp³-hybridized carbons (Fsp3) is 0.556. The first-order valence-corrected chi connectivity index (χ1v) is 8.25. The second-order valence-electron chi connectivity index (χ2n) is 6.47. The van der Waals surface area contributed by atoms with Gasteiger partial charge in [0, 0.05) is 6.54 Å². The normalized spacial score (nSPS) is 16.0. The minimum Gasteiger partial charge on any atom is -0.478 e. The first-order valence-electron chi connectivity index (χ1n) is 8.25. The van der Waals surface area contributed by atoms with E-state index in [0.29, 0.717) is 18.0 Å². The van der Waals surface area contributed by atoms with Crippen molar-refractivity contribution in [2.24, 2.45) is 0 Å². The van der Waals surface area contributed by atoms with Crippen molar-refractivity contribution < 1.29 is 19.4 Å². The van der Waals surface area contributed by atoms with Gasteiger partial charge < -0.3 is 14.7 Å².